The molecule has 0 saturated carbocycles. The minimum atomic E-state index is 0.0304. The number of carbonyl (C=O) groups excluding carboxylic acids is 1. The molecule has 2 aromatic carbocycles. The van der Waals surface area contributed by atoms with E-state index in [1.54, 1.807) is 14.0 Å². The summed E-state index contributed by atoms with van der Waals surface area (Å²) in [6.45, 7) is 3.58. The Morgan fingerprint density at radius 2 is 1.90 bits per heavy atom. The molecule has 3 aromatic rings. The Morgan fingerprint density at radius 1 is 1.07 bits per heavy atom. The molecule has 29 heavy (non-hydrogen) atoms. The van der Waals surface area contributed by atoms with E-state index < -0.39 is 0 Å². The first-order valence-corrected chi connectivity index (χ1v) is 10.1. The molecule has 0 fully saturated rings. The van der Waals surface area contributed by atoms with E-state index in [-0.39, 0.29) is 5.91 Å². The molecule has 1 N–H and O–H groups in total. The van der Waals surface area contributed by atoms with Crippen molar-refractivity contribution >= 4 is 16.9 Å². The van der Waals surface area contributed by atoms with E-state index in [9.17, 15) is 4.79 Å². The molecule has 3 rings (SSSR count). The van der Waals surface area contributed by atoms with Crippen LogP contribution in [0.25, 0.3) is 11.0 Å². The van der Waals surface area contributed by atoms with Gasteiger partial charge in [-0.05, 0) is 37.1 Å². The molecule has 0 radical (unpaired) electrons. The third-order valence-corrected chi connectivity index (χ3v) is 4.81. The Balaban J connectivity index is 1.59. The standard InChI is InChI=1S/C23H29N3O3/c1-18(27)24-14-7-3-4-13-23-25-21-11-5-6-12-22(21)26(23)15-16-29-20-10-8-9-19(17-20)28-2/h5-6,8-12,17H,3-4,7,13-16H2,1-2H3,(H,24,27). The number of para-hydroxylation sites is 2. The van der Waals surface area contributed by atoms with Crippen LogP contribution in [-0.4, -0.2) is 35.7 Å². The number of hydrogen-bond acceptors (Lipinski definition) is 4. The van der Waals surface area contributed by atoms with Gasteiger partial charge in [-0.1, -0.05) is 24.6 Å². The minimum absolute atomic E-state index is 0.0304. The van der Waals surface area contributed by atoms with Gasteiger partial charge in [-0.25, -0.2) is 4.98 Å². The second-order valence-electron chi connectivity index (χ2n) is 6.99. The molecular weight excluding hydrogens is 366 g/mol. The Labute approximate surface area is 171 Å². The molecule has 0 saturated heterocycles. The quantitative estimate of drug-likeness (QED) is 0.499. The molecule has 1 amide bonds. The van der Waals surface area contributed by atoms with Crippen LogP contribution in [0.4, 0.5) is 0 Å². The second-order valence-corrected chi connectivity index (χ2v) is 6.99. The number of amides is 1. The number of fused-ring (bicyclic) bond motifs is 1. The van der Waals surface area contributed by atoms with Crippen LogP contribution in [0.3, 0.4) is 0 Å². The number of aromatic nitrogens is 2. The summed E-state index contributed by atoms with van der Waals surface area (Å²) in [6.07, 6.45) is 4.00. The summed E-state index contributed by atoms with van der Waals surface area (Å²) in [6, 6.07) is 15.9. The van der Waals surface area contributed by atoms with Gasteiger partial charge in [-0.15, -0.1) is 0 Å². The monoisotopic (exact) mass is 395 g/mol. The number of rotatable bonds is 11. The average Bonchev–Trinajstić information content (AvgIpc) is 3.08. The molecule has 6 heteroatoms. The average molecular weight is 396 g/mol. The summed E-state index contributed by atoms with van der Waals surface area (Å²) in [5, 5.41) is 2.84. The van der Waals surface area contributed by atoms with E-state index in [0.717, 1.165) is 67.1 Å². The number of carbonyl (C=O) groups is 1. The van der Waals surface area contributed by atoms with Crippen LogP contribution in [0.15, 0.2) is 48.5 Å². The maximum atomic E-state index is 10.9. The van der Waals surface area contributed by atoms with E-state index in [2.05, 4.69) is 22.0 Å². The number of imidazole rings is 1. The third kappa shape index (κ3) is 5.98. The Hall–Kier alpha value is -3.02. The van der Waals surface area contributed by atoms with E-state index >= 15 is 0 Å². The fourth-order valence-corrected chi connectivity index (χ4v) is 3.36. The Morgan fingerprint density at radius 3 is 2.72 bits per heavy atom. The topological polar surface area (TPSA) is 65.4 Å². The van der Waals surface area contributed by atoms with Gasteiger partial charge in [0.1, 0.15) is 23.9 Å². The predicted molar refractivity (Wildman–Crippen MR) is 114 cm³/mol. The van der Waals surface area contributed by atoms with Crippen LogP contribution in [0.2, 0.25) is 0 Å². The summed E-state index contributed by atoms with van der Waals surface area (Å²) in [4.78, 5) is 15.8. The summed E-state index contributed by atoms with van der Waals surface area (Å²) in [5.41, 5.74) is 2.15. The van der Waals surface area contributed by atoms with Crippen LogP contribution in [0.5, 0.6) is 11.5 Å². The number of nitrogens with zero attached hydrogens (tertiary/aromatic N) is 2. The lowest BCUT2D eigenvalue weighted by Gasteiger charge is -2.11. The Bertz CT molecular complexity index is 936. The van der Waals surface area contributed by atoms with E-state index in [1.807, 2.05) is 36.4 Å². The van der Waals surface area contributed by atoms with Crippen molar-refractivity contribution in [3.05, 3.63) is 54.4 Å². The molecule has 0 unspecified atom stereocenters. The van der Waals surface area contributed by atoms with E-state index in [4.69, 9.17) is 14.5 Å². The highest BCUT2D eigenvalue weighted by atomic mass is 16.5. The largest absolute Gasteiger partial charge is 0.497 e. The van der Waals surface area contributed by atoms with Gasteiger partial charge in [0.15, 0.2) is 0 Å². The molecule has 0 atom stereocenters. The van der Waals surface area contributed by atoms with Gasteiger partial charge < -0.3 is 19.4 Å². The van der Waals surface area contributed by atoms with Gasteiger partial charge in [0.25, 0.3) is 0 Å². The number of aryl methyl sites for hydroxylation is 1. The van der Waals surface area contributed by atoms with Crippen molar-refractivity contribution in [2.24, 2.45) is 0 Å². The number of ether oxygens (including phenoxy) is 2. The zero-order valence-corrected chi connectivity index (χ0v) is 17.2. The fourth-order valence-electron chi connectivity index (χ4n) is 3.36. The van der Waals surface area contributed by atoms with Gasteiger partial charge >= 0.3 is 0 Å². The maximum Gasteiger partial charge on any atom is 0.216 e. The highest BCUT2D eigenvalue weighted by Gasteiger charge is 2.10. The SMILES string of the molecule is COc1cccc(OCCn2c(CCCCCNC(C)=O)nc3ccccc32)c1. The number of hydrogen-bond donors (Lipinski definition) is 1. The number of benzene rings is 2. The van der Waals surface area contributed by atoms with Crippen LogP contribution in [0, 0.1) is 0 Å². The van der Waals surface area contributed by atoms with Crippen molar-refractivity contribution in [1.29, 1.82) is 0 Å². The summed E-state index contributed by atoms with van der Waals surface area (Å²) in [7, 11) is 1.65. The van der Waals surface area contributed by atoms with Crippen molar-refractivity contribution in [2.75, 3.05) is 20.3 Å². The second kappa shape index (κ2) is 10.5. The van der Waals surface area contributed by atoms with Crippen LogP contribution >= 0.6 is 0 Å². The van der Waals surface area contributed by atoms with Gasteiger partial charge in [0.2, 0.25) is 5.91 Å². The minimum Gasteiger partial charge on any atom is -0.497 e. The summed E-state index contributed by atoms with van der Waals surface area (Å²) < 4.78 is 13.4. The van der Waals surface area contributed by atoms with Crippen molar-refractivity contribution in [3.8, 4) is 11.5 Å². The van der Waals surface area contributed by atoms with Gasteiger partial charge in [0.05, 0.1) is 24.7 Å². The van der Waals surface area contributed by atoms with Crippen LogP contribution < -0.4 is 14.8 Å². The highest BCUT2D eigenvalue weighted by Crippen LogP contribution is 2.20. The van der Waals surface area contributed by atoms with Crippen molar-refractivity contribution in [3.63, 3.8) is 0 Å². The first-order valence-electron chi connectivity index (χ1n) is 10.1. The molecule has 1 heterocycles. The lowest BCUT2D eigenvalue weighted by molar-refractivity contribution is -0.118. The molecule has 6 nitrogen and oxygen atoms in total. The Kier molecular flexibility index (Phi) is 7.50. The highest BCUT2D eigenvalue weighted by molar-refractivity contribution is 5.75. The van der Waals surface area contributed by atoms with Crippen molar-refractivity contribution in [1.82, 2.24) is 14.9 Å². The number of unbranched alkanes of at least 4 members (excludes halogenated alkanes) is 2. The zero-order valence-electron chi connectivity index (χ0n) is 17.2. The molecule has 0 spiro atoms. The molecule has 0 bridgehead atoms. The van der Waals surface area contributed by atoms with Crippen molar-refractivity contribution < 1.29 is 14.3 Å². The van der Waals surface area contributed by atoms with Crippen LogP contribution in [0.1, 0.15) is 32.0 Å². The predicted octanol–water partition coefficient (Wildman–Crippen LogP) is 3.97. The lowest BCUT2D eigenvalue weighted by Crippen LogP contribution is -2.20. The molecule has 0 aliphatic heterocycles. The molecule has 0 aliphatic rings. The molecule has 154 valence electrons. The number of nitrogens with one attached hydrogen (secondary N) is 1. The summed E-state index contributed by atoms with van der Waals surface area (Å²) in [5.74, 6) is 2.70. The van der Waals surface area contributed by atoms with Crippen molar-refractivity contribution in [2.45, 2.75) is 39.2 Å². The first-order chi connectivity index (χ1) is 14.2. The van der Waals surface area contributed by atoms with E-state index in [1.165, 1.54) is 0 Å². The van der Waals surface area contributed by atoms with E-state index in [0.29, 0.717) is 6.61 Å². The zero-order chi connectivity index (χ0) is 20.5. The number of methoxy groups -OCH3 is 1. The lowest BCUT2D eigenvalue weighted by atomic mass is 10.2. The van der Waals surface area contributed by atoms with Gasteiger partial charge in [-0.2, -0.15) is 0 Å². The molecule has 0 aliphatic carbocycles. The normalized spacial score (nSPS) is 10.8. The van der Waals surface area contributed by atoms with Gasteiger partial charge in [0, 0.05) is 26.0 Å². The smallest absolute Gasteiger partial charge is 0.216 e. The molecule has 1 aromatic heterocycles. The summed E-state index contributed by atoms with van der Waals surface area (Å²) >= 11 is 0. The fraction of sp³-hybridized carbons (Fsp3) is 0.391. The van der Waals surface area contributed by atoms with Gasteiger partial charge in [-0.3, -0.25) is 4.79 Å². The van der Waals surface area contributed by atoms with Crippen LogP contribution in [-0.2, 0) is 17.8 Å². The molecular formula is C23H29N3O3. The first kappa shape index (κ1) is 20.7. The third-order valence-electron chi connectivity index (χ3n) is 4.81. The maximum absolute atomic E-state index is 10.9.